The average Bonchev–Trinajstić information content (AvgIpc) is 3.33. The van der Waals surface area contributed by atoms with Gasteiger partial charge in [0.2, 0.25) is 17.8 Å². The molecule has 0 radical (unpaired) electrons. The van der Waals surface area contributed by atoms with Gasteiger partial charge in [0.05, 0.1) is 19.9 Å². The maximum atomic E-state index is 12.3. The molecule has 2 aromatic carbocycles. The van der Waals surface area contributed by atoms with Crippen molar-refractivity contribution in [2.24, 2.45) is 5.50 Å². The van der Waals surface area contributed by atoms with Crippen LogP contribution in [0.25, 0.3) is 0 Å². The van der Waals surface area contributed by atoms with Gasteiger partial charge in [-0.2, -0.15) is 17.0 Å². The summed E-state index contributed by atoms with van der Waals surface area (Å²) in [4.78, 5) is 58.5. The Labute approximate surface area is 400 Å². The molecule has 366 valence electrons. The Morgan fingerprint density at radius 1 is 0.800 bits per heavy atom. The van der Waals surface area contributed by atoms with Gasteiger partial charge in [-0.25, -0.2) is 4.98 Å². The van der Waals surface area contributed by atoms with Crippen LogP contribution < -0.4 is 26.8 Å². The van der Waals surface area contributed by atoms with E-state index >= 15 is 0 Å². The van der Waals surface area contributed by atoms with Crippen LogP contribution in [-0.2, 0) is 41.7 Å². The molecule has 65 heavy (non-hydrogen) atoms. The van der Waals surface area contributed by atoms with E-state index in [4.69, 9.17) is 26.4 Å². The third-order valence-corrected chi connectivity index (χ3v) is 10.5. The minimum atomic E-state index is -0.757. The highest BCUT2D eigenvalue weighted by molar-refractivity contribution is 7.79. The number of esters is 1. The lowest BCUT2D eigenvalue weighted by atomic mass is 10.1. The normalized spacial score (nSPS) is 10.9. The van der Waals surface area contributed by atoms with Crippen molar-refractivity contribution in [1.82, 2.24) is 26.3 Å². The van der Waals surface area contributed by atoms with E-state index in [1.165, 1.54) is 11.6 Å². The van der Waals surface area contributed by atoms with E-state index in [9.17, 15) is 28.4 Å². The second kappa shape index (κ2) is 46.7. The quantitative estimate of drug-likeness (QED) is 0.00972. The fourth-order valence-corrected chi connectivity index (χ4v) is 6.36. The molecule has 0 aliphatic rings. The molecule has 0 bridgehead atoms. The number of aldehydes is 2. The first-order valence-electron chi connectivity index (χ1n) is 22.4. The third-order valence-electron chi connectivity index (χ3n) is 8.91. The Balaban J connectivity index is 0. The summed E-state index contributed by atoms with van der Waals surface area (Å²) < 4.78 is 23.1. The number of likely N-dealkylation sites (N-methyl/N-ethyl adjacent to an activating group) is 1. The van der Waals surface area contributed by atoms with E-state index in [0.29, 0.717) is 45.1 Å². The number of carbonyl (C=O) groups excluding carboxylic acids is 5. The van der Waals surface area contributed by atoms with Crippen molar-refractivity contribution in [3.05, 3.63) is 101 Å². The fourth-order valence-electron chi connectivity index (χ4n) is 5.30. The minimum Gasteiger partial charge on any atom is -0.460 e. The molecule has 17 heteroatoms. The first-order valence-corrected chi connectivity index (χ1v) is 25.2. The highest BCUT2D eigenvalue weighted by Gasteiger charge is 2.19. The van der Waals surface area contributed by atoms with Crippen molar-refractivity contribution in [2.75, 3.05) is 46.1 Å². The van der Waals surface area contributed by atoms with Crippen LogP contribution in [0, 0.1) is 5.95 Å². The summed E-state index contributed by atoms with van der Waals surface area (Å²) in [5.74, 6) is -0.940. The predicted octanol–water partition coefficient (Wildman–Crippen LogP) is 9.16. The van der Waals surface area contributed by atoms with E-state index in [1.807, 2.05) is 55.6 Å². The maximum Gasteiger partial charge on any atom is 0.323 e. The molecule has 0 saturated heterocycles. The molecule has 0 aliphatic carbocycles. The number of nitrogens with two attached hydrogens (primary N) is 1. The molecule has 2 amide bonds. The van der Waals surface area contributed by atoms with E-state index in [0.717, 1.165) is 102 Å². The van der Waals surface area contributed by atoms with Crippen LogP contribution in [0.3, 0.4) is 0 Å². The summed E-state index contributed by atoms with van der Waals surface area (Å²) in [7, 11) is 2.94. The Hall–Kier alpha value is -3.82. The number of pyridine rings is 1. The lowest BCUT2D eigenvalue weighted by Gasteiger charge is -2.15. The minimum absolute atomic E-state index is 0.0165. The summed E-state index contributed by atoms with van der Waals surface area (Å²) >= 11 is 8.82. The monoisotopic (exact) mass is 966 g/mol. The Morgan fingerprint density at radius 2 is 1.37 bits per heavy atom. The zero-order chi connectivity index (χ0) is 48.8. The number of rotatable bonds is 29. The number of amides is 2. The van der Waals surface area contributed by atoms with Crippen molar-refractivity contribution < 1.29 is 37.6 Å². The third kappa shape index (κ3) is 39.1. The number of halogens is 2. The van der Waals surface area contributed by atoms with E-state index < -0.39 is 20.3 Å². The van der Waals surface area contributed by atoms with Crippen LogP contribution in [0.2, 0.25) is 5.02 Å². The van der Waals surface area contributed by atoms with E-state index in [1.54, 1.807) is 13.3 Å². The Kier molecular flexibility index (Phi) is 45.5. The Morgan fingerprint density at radius 3 is 1.91 bits per heavy atom. The molecule has 0 aliphatic heterocycles. The summed E-state index contributed by atoms with van der Waals surface area (Å²) in [5, 5.41) is 11.7. The smallest absolute Gasteiger partial charge is 0.323 e. The molecule has 6 N–H and O–H groups in total. The topological polar surface area (TPSA) is 191 Å². The number of benzene rings is 2. The van der Waals surface area contributed by atoms with Crippen LogP contribution in [0.1, 0.15) is 125 Å². The number of nitrogens with zero attached hydrogens (tertiary/aromatic N) is 1. The van der Waals surface area contributed by atoms with Crippen LogP contribution in [0.5, 0.6) is 0 Å². The number of hydrogen-bond donors (Lipinski definition) is 6. The van der Waals surface area contributed by atoms with Gasteiger partial charge in [-0.05, 0) is 89.0 Å². The molecule has 2 unspecified atom stereocenters. The van der Waals surface area contributed by atoms with Gasteiger partial charge in [0.25, 0.3) is 0 Å². The van der Waals surface area contributed by atoms with Gasteiger partial charge in [-0.15, -0.1) is 0 Å². The first-order chi connectivity index (χ1) is 31.5. The van der Waals surface area contributed by atoms with Gasteiger partial charge < -0.3 is 35.3 Å². The van der Waals surface area contributed by atoms with Gasteiger partial charge in [0, 0.05) is 50.3 Å². The molecule has 1 aromatic heterocycles. The van der Waals surface area contributed by atoms with E-state index in [2.05, 4.69) is 64.9 Å². The number of nitrogens with one attached hydrogen (secondary N) is 4. The van der Waals surface area contributed by atoms with Gasteiger partial charge in [0.15, 0.2) is 6.29 Å². The van der Waals surface area contributed by atoms with Gasteiger partial charge in [0.1, 0.15) is 18.9 Å². The molecule has 3 aromatic rings. The second-order valence-electron chi connectivity index (χ2n) is 14.4. The maximum absolute atomic E-state index is 12.3. The van der Waals surface area contributed by atoms with Crippen LogP contribution >= 0.6 is 32.5 Å². The molecular weight excluding hydrogens is 890 g/mol. The average molecular weight is 968 g/mol. The summed E-state index contributed by atoms with van der Waals surface area (Å²) in [6, 6.07) is 20.4. The van der Waals surface area contributed by atoms with Crippen molar-refractivity contribution >= 4 is 62.9 Å². The van der Waals surface area contributed by atoms with Gasteiger partial charge in [-0.1, -0.05) is 112 Å². The van der Waals surface area contributed by atoms with Crippen molar-refractivity contribution in [3.8, 4) is 0 Å². The van der Waals surface area contributed by atoms with Crippen LogP contribution in [0.4, 0.5) is 4.39 Å². The number of aromatic nitrogens is 1. The predicted molar refractivity (Wildman–Crippen MR) is 268 cm³/mol. The fraction of sp³-hybridized carbons (Fsp3) is 0.542. The van der Waals surface area contributed by atoms with Crippen molar-refractivity contribution in [1.29, 1.82) is 0 Å². The SMILES string of the molecule is CCCCCNC(=O)CCC(NC)C(=O)OCc1ccccc1.CCCP(N)OCc1ccccc1.CNCCCCCC(=O)NCCCCCC=O.CS.O=Cc1cnc(F)c(Cl)c1. The zero-order valence-corrected chi connectivity index (χ0v) is 41.9. The van der Waals surface area contributed by atoms with Gasteiger partial charge in [-0.3, -0.25) is 24.7 Å². The molecule has 0 fully saturated rings. The molecule has 0 spiro atoms. The highest BCUT2D eigenvalue weighted by Crippen LogP contribution is 2.28. The number of ether oxygens (including phenoxy) is 1. The number of unbranched alkanes of at least 4 members (excludes halogenated alkanes) is 7. The summed E-state index contributed by atoms with van der Waals surface area (Å²) in [5.41, 5.74) is 8.18. The van der Waals surface area contributed by atoms with Crippen LogP contribution in [0.15, 0.2) is 72.9 Å². The van der Waals surface area contributed by atoms with E-state index in [-0.39, 0.29) is 35.0 Å². The number of thiol groups is 1. The molecule has 3 rings (SSSR count). The number of carbonyl (C=O) groups is 5. The molecule has 2 atom stereocenters. The van der Waals surface area contributed by atoms with Crippen molar-refractivity contribution in [3.63, 3.8) is 0 Å². The Bertz CT molecular complexity index is 1630. The lowest BCUT2D eigenvalue weighted by Crippen LogP contribution is -2.37. The molecule has 0 saturated carbocycles. The summed E-state index contributed by atoms with van der Waals surface area (Å²) in [6.07, 6.45) is 17.8. The molecule has 13 nitrogen and oxygen atoms in total. The molecule has 1 heterocycles. The number of hydrogen-bond acceptors (Lipinski definition) is 12. The largest absolute Gasteiger partial charge is 0.460 e. The van der Waals surface area contributed by atoms with Crippen molar-refractivity contribution in [2.45, 2.75) is 123 Å². The van der Waals surface area contributed by atoms with Gasteiger partial charge >= 0.3 is 5.97 Å². The first kappa shape index (κ1) is 63.3. The lowest BCUT2D eigenvalue weighted by molar-refractivity contribution is -0.147. The standard InChI is InChI=1S/C18H28N2O3.C13H26N2O2.C10H16NOP.C6H3ClFNO.CH4S/c1-3-4-8-13-20-17(21)12-11-16(19-2)18(22)23-14-15-9-6-5-7-10-15;1-14-10-6-4-5-9-13(17)15-11-7-2-3-8-12-16;1-2-8-13(11)12-9-10-6-4-3-5-7-10;7-5-1-4(3-10)2-9-6(5)8;1-2/h5-7,9-10,16,19H,3-4,8,11-14H2,1-2H3,(H,20,21);12,14H,2-11H2,1H3,(H,15,17);3-7H,2,8-9,11H2,1H3;1-3H;2H,1H3. The highest BCUT2D eigenvalue weighted by atomic mass is 35.5. The van der Waals surface area contributed by atoms with Crippen LogP contribution in [-0.4, -0.2) is 87.5 Å². The zero-order valence-electron chi connectivity index (χ0n) is 39.3. The molecular formula is C48H77ClFN6O7PS. The summed E-state index contributed by atoms with van der Waals surface area (Å²) in [6.45, 7) is 7.61. The second-order valence-corrected chi connectivity index (χ2v) is 16.3.